The van der Waals surface area contributed by atoms with Crippen molar-refractivity contribution in [3.63, 3.8) is 0 Å². The van der Waals surface area contributed by atoms with Crippen molar-refractivity contribution in [2.24, 2.45) is 17.3 Å². The van der Waals surface area contributed by atoms with Crippen molar-refractivity contribution in [3.8, 4) is 0 Å². The summed E-state index contributed by atoms with van der Waals surface area (Å²) in [5.74, 6) is 1.72. The second-order valence-electron chi connectivity index (χ2n) is 7.73. The highest BCUT2D eigenvalue weighted by atomic mass is 16.5. The highest BCUT2D eigenvalue weighted by molar-refractivity contribution is 5.76. The summed E-state index contributed by atoms with van der Waals surface area (Å²) in [5, 5.41) is 3.34. The van der Waals surface area contributed by atoms with E-state index in [-0.39, 0.29) is 0 Å². The molecule has 1 spiro atoms. The van der Waals surface area contributed by atoms with Crippen LogP contribution in [-0.4, -0.2) is 24.7 Å². The number of amides is 1. The third-order valence-electron chi connectivity index (χ3n) is 6.29. The Labute approximate surface area is 129 Å². The van der Waals surface area contributed by atoms with E-state index in [1.54, 1.807) is 0 Å². The third kappa shape index (κ3) is 2.99. The Balaban J connectivity index is 1.47. The van der Waals surface area contributed by atoms with Crippen LogP contribution in [0.15, 0.2) is 0 Å². The summed E-state index contributed by atoms with van der Waals surface area (Å²) < 4.78 is 5.86. The van der Waals surface area contributed by atoms with E-state index in [4.69, 9.17) is 4.74 Å². The van der Waals surface area contributed by atoms with Crippen LogP contribution in [0.25, 0.3) is 0 Å². The van der Waals surface area contributed by atoms with Crippen molar-refractivity contribution in [1.82, 2.24) is 5.32 Å². The van der Waals surface area contributed by atoms with E-state index in [1.807, 2.05) is 0 Å². The molecule has 0 radical (unpaired) electrons. The fraction of sp³-hybridized carbons (Fsp3) is 0.944. The van der Waals surface area contributed by atoms with E-state index in [1.165, 1.54) is 44.9 Å². The van der Waals surface area contributed by atoms with E-state index < -0.39 is 0 Å². The van der Waals surface area contributed by atoms with Crippen LogP contribution in [0.3, 0.4) is 0 Å². The van der Waals surface area contributed by atoms with Gasteiger partial charge in [0.15, 0.2) is 0 Å². The van der Waals surface area contributed by atoms with Gasteiger partial charge >= 0.3 is 0 Å². The molecule has 1 N–H and O–H groups in total. The fourth-order valence-electron chi connectivity index (χ4n) is 4.90. The first-order chi connectivity index (χ1) is 10.1. The molecule has 4 atom stereocenters. The molecule has 3 saturated carbocycles. The average Bonchev–Trinajstić information content (AvgIpc) is 2.35. The molecule has 0 bridgehead atoms. The van der Waals surface area contributed by atoms with Crippen LogP contribution < -0.4 is 5.32 Å². The van der Waals surface area contributed by atoms with Crippen molar-refractivity contribution in [3.05, 3.63) is 0 Å². The zero-order chi connectivity index (χ0) is 14.9. The Kier molecular flexibility index (Phi) is 4.58. The summed E-state index contributed by atoms with van der Waals surface area (Å²) in [4.78, 5) is 12.4. The van der Waals surface area contributed by atoms with Crippen molar-refractivity contribution in [1.29, 1.82) is 0 Å². The highest BCUT2D eigenvalue weighted by Gasteiger charge is 2.59. The Bertz CT molecular complexity index is 377. The monoisotopic (exact) mass is 293 g/mol. The molecule has 3 heteroatoms. The van der Waals surface area contributed by atoms with Crippen LogP contribution in [0.1, 0.15) is 71.6 Å². The SMILES string of the molecule is CCO[C@@H]1C[C@H](NC(=O)C[C@@H]2CCC[C@@H](C)C2)C12CCC2. The van der Waals surface area contributed by atoms with Gasteiger partial charge in [-0.1, -0.05) is 26.2 Å². The summed E-state index contributed by atoms with van der Waals surface area (Å²) in [6.07, 6.45) is 11.1. The Hall–Kier alpha value is -0.570. The molecule has 0 aliphatic heterocycles. The number of hydrogen-bond donors (Lipinski definition) is 1. The molecule has 1 amide bonds. The van der Waals surface area contributed by atoms with Gasteiger partial charge in [0.25, 0.3) is 0 Å². The zero-order valence-corrected chi connectivity index (χ0v) is 13.7. The summed E-state index contributed by atoms with van der Waals surface area (Å²) in [6.45, 7) is 5.20. The van der Waals surface area contributed by atoms with Crippen LogP contribution in [0.5, 0.6) is 0 Å². The van der Waals surface area contributed by atoms with Crippen LogP contribution in [0, 0.1) is 17.3 Å². The third-order valence-corrected chi connectivity index (χ3v) is 6.29. The molecule has 3 fully saturated rings. The average molecular weight is 293 g/mol. The van der Waals surface area contributed by atoms with Gasteiger partial charge in [0.1, 0.15) is 0 Å². The Morgan fingerprint density at radius 1 is 1.24 bits per heavy atom. The van der Waals surface area contributed by atoms with Gasteiger partial charge in [0, 0.05) is 24.5 Å². The van der Waals surface area contributed by atoms with Crippen LogP contribution in [0.2, 0.25) is 0 Å². The molecule has 3 rings (SSSR count). The minimum atomic E-state index is 0.292. The van der Waals surface area contributed by atoms with Crippen LogP contribution in [-0.2, 0) is 9.53 Å². The zero-order valence-electron chi connectivity index (χ0n) is 13.7. The predicted octanol–water partition coefficient (Wildman–Crippen LogP) is 3.67. The second-order valence-corrected chi connectivity index (χ2v) is 7.73. The largest absolute Gasteiger partial charge is 0.378 e. The van der Waals surface area contributed by atoms with Crippen LogP contribution in [0.4, 0.5) is 0 Å². The molecule has 0 aromatic carbocycles. The summed E-state index contributed by atoms with van der Waals surface area (Å²) in [6, 6.07) is 0.385. The fourth-order valence-corrected chi connectivity index (χ4v) is 4.90. The Morgan fingerprint density at radius 3 is 2.67 bits per heavy atom. The molecule has 3 aliphatic carbocycles. The van der Waals surface area contributed by atoms with Gasteiger partial charge in [-0.05, 0) is 50.9 Å². The number of carbonyl (C=O) groups excluding carboxylic acids is 1. The number of carbonyl (C=O) groups is 1. The van der Waals surface area contributed by atoms with Gasteiger partial charge in [-0.2, -0.15) is 0 Å². The molecule has 120 valence electrons. The summed E-state index contributed by atoms with van der Waals surface area (Å²) in [5.41, 5.74) is 0.297. The lowest BCUT2D eigenvalue weighted by molar-refractivity contribution is -0.176. The predicted molar refractivity (Wildman–Crippen MR) is 84.0 cm³/mol. The topological polar surface area (TPSA) is 38.3 Å². The lowest BCUT2D eigenvalue weighted by Gasteiger charge is -2.61. The summed E-state index contributed by atoms with van der Waals surface area (Å²) >= 11 is 0. The lowest BCUT2D eigenvalue weighted by atomic mass is 9.51. The van der Waals surface area contributed by atoms with E-state index in [0.717, 1.165) is 25.4 Å². The van der Waals surface area contributed by atoms with Crippen LogP contribution >= 0.6 is 0 Å². The first-order valence-corrected chi connectivity index (χ1v) is 9.05. The van der Waals surface area contributed by atoms with E-state index in [2.05, 4.69) is 19.2 Å². The van der Waals surface area contributed by atoms with Gasteiger partial charge in [-0.25, -0.2) is 0 Å². The summed E-state index contributed by atoms with van der Waals surface area (Å²) in [7, 11) is 0. The number of nitrogens with one attached hydrogen (secondary N) is 1. The molecular weight excluding hydrogens is 262 g/mol. The molecule has 0 saturated heterocycles. The Morgan fingerprint density at radius 2 is 2.05 bits per heavy atom. The van der Waals surface area contributed by atoms with Crippen molar-refractivity contribution in [2.75, 3.05) is 6.61 Å². The van der Waals surface area contributed by atoms with Gasteiger partial charge < -0.3 is 10.1 Å². The lowest BCUT2D eigenvalue weighted by Crippen LogP contribution is -2.67. The molecule has 0 aromatic rings. The first-order valence-electron chi connectivity index (χ1n) is 9.05. The maximum Gasteiger partial charge on any atom is 0.220 e. The molecule has 0 aromatic heterocycles. The van der Waals surface area contributed by atoms with Gasteiger partial charge in [0.05, 0.1) is 6.10 Å². The number of rotatable bonds is 5. The quantitative estimate of drug-likeness (QED) is 0.840. The normalized spacial score (nSPS) is 37.6. The minimum absolute atomic E-state index is 0.292. The van der Waals surface area contributed by atoms with Gasteiger partial charge in [-0.3, -0.25) is 4.79 Å². The number of hydrogen-bond acceptors (Lipinski definition) is 2. The molecule has 3 aliphatic rings. The standard InChI is InChI=1S/C18H31NO2/c1-3-21-16-12-15(18(16)8-5-9-18)19-17(20)11-14-7-4-6-13(2)10-14/h13-16H,3-12H2,1-2H3,(H,19,20)/t13-,14-,15+,16-/m1/s1. The second kappa shape index (κ2) is 6.28. The van der Waals surface area contributed by atoms with E-state index in [9.17, 15) is 4.79 Å². The number of ether oxygens (including phenoxy) is 1. The molecule has 0 heterocycles. The van der Waals surface area contributed by atoms with E-state index in [0.29, 0.717) is 29.4 Å². The van der Waals surface area contributed by atoms with E-state index >= 15 is 0 Å². The first kappa shape index (κ1) is 15.3. The smallest absolute Gasteiger partial charge is 0.220 e. The molecule has 21 heavy (non-hydrogen) atoms. The maximum absolute atomic E-state index is 12.4. The highest BCUT2D eigenvalue weighted by Crippen LogP contribution is 2.57. The van der Waals surface area contributed by atoms with Crippen molar-refractivity contribution >= 4 is 5.91 Å². The van der Waals surface area contributed by atoms with Crippen molar-refractivity contribution in [2.45, 2.75) is 83.8 Å². The molecule has 0 unspecified atom stereocenters. The van der Waals surface area contributed by atoms with Crippen molar-refractivity contribution < 1.29 is 9.53 Å². The minimum Gasteiger partial charge on any atom is -0.378 e. The van der Waals surface area contributed by atoms with Gasteiger partial charge in [-0.15, -0.1) is 0 Å². The van der Waals surface area contributed by atoms with Gasteiger partial charge in [0.2, 0.25) is 5.91 Å². The molecule has 3 nitrogen and oxygen atoms in total. The molecular formula is C18H31NO2. The maximum atomic E-state index is 12.4.